The zero-order valence-electron chi connectivity index (χ0n) is 13.4. The molecule has 0 bridgehead atoms. The third-order valence-electron chi connectivity index (χ3n) is 4.54. The standard InChI is InChI=1S/C17H32ClNO/c1-3-4-5-6-7-8-9-10-17(20)19-13-11-16(12-14-19)15(2)18/h15-16H,3-14H2,1-2H3. The lowest BCUT2D eigenvalue weighted by Crippen LogP contribution is -2.39. The fraction of sp³-hybridized carbons (Fsp3) is 0.941. The molecule has 0 aromatic rings. The summed E-state index contributed by atoms with van der Waals surface area (Å²) in [5, 5.41) is 0.246. The Morgan fingerprint density at radius 2 is 1.65 bits per heavy atom. The van der Waals surface area contributed by atoms with Gasteiger partial charge in [-0.3, -0.25) is 4.79 Å². The van der Waals surface area contributed by atoms with Crippen LogP contribution in [0.3, 0.4) is 0 Å². The van der Waals surface area contributed by atoms with Crippen molar-refractivity contribution in [2.75, 3.05) is 13.1 Å². The molecule has 0 spiro atoms. The van der Waals surface area contributed by atoms with Gasteiger partial charge >= 0.3 is 0 Å². The Kier molecular flexibility index (Phi) is 9.33. The van der Waals surface area contributed by atoms with Crippen LogP contribution in [0.2, 0.25) is 0 Å². The SMILES string of the molecule is CCCCCCCCCC(=O)N1CCC(C(C)Cl)CC1. The van der Waals surface area contributed by atoms with E-state index in [1.54, 1.807) is 0 Å². The molecule has 1 unspecified atom stereocenters. The summed E-state index contributed by atoms with van der Waals surface area (Å²) in [6, 6.07) is 0. The number of rotatable bonds is 9. The fourth-order valence-electron chi connectivity index (χ4n) is 3.00. The maximum atomic E-state index is 12.1. The zero-order valence-corrected chi connectivity index (χ0v) is 14.1. The maximum Gasteiger partial charge on any atom is 0.222 e. The van der Waals surface area contributed by atoms with Crippen molar-refractivity contribution in [3.8, 4) is 0 Å². The van der Waals surface area contributed by atoms with E-state index < -0.39 is 0 Å². The number of likely N-dealkylation sites (tertiary alicyclic amines) is 1. The Morgan fingerprint density at radius 1 is 1.10 bits per heavy atom. The number of unbranched alkanes of at least 4 members (excludes halogenated alkanes) is 6. The van der Waals surface area contributed by atoms with Crippen LogP contribution in [0.5, 0.6) is 0 Å². The highest BCUT2D eigenvalue weighted by Crippen LogP contribution is 2.24. The molecule has 1 aliphatic heterocycles. The van der Waals surface area contributed by atoms with Gasteiger partial charge in [-0.05, 0) is 32.1 Å². The van der Waals surface area contributed by atoms with E-state index in [9.17, 15) is 4.79 Å². The van der Waals surface area contributed by atoms with Gasteiger partial charge in [-0.2, -0.15) is 0 Å². The number of hydrogen-bond acceptors (Lipinski definition) is 1. The molecular weight excluding hydrogens is 270 g/mol. The summed E-state index contributed by atoms with van der Waals surface area (Å²) >= 11 is 6.13. The molecule has 1 saturated heterocycles. The van der Waals surface area contributed by atoms with Gasteiger partial charge in [0, 0.05) is 24.9 Å². The van der Waals surface area contributed by atoms with Crippen molar-refractivity contribution >= 4 is 17.5 Å². The number of carbonyl (C=O) groups excluding carboxylic acids is 1. The summed E-state index contributed by atoms with van der Waals surface area (Å²) in [7, 11) is 0. The van der Waals surface area contributed by atoms with Gasteiger partial charge in [0.25, 0.3) is 0 Å². The molecule has 1 rings (SSSR count). The molecular formula is C17H32ClNO. The molecule has 0 N–H and O–H groups in total. The minimum Gasteiger partial charge on any atom is -0.343 e. The van der Waals surface area contributed by atoms with Crippen LogP contribution in [0, 0.1) is 5.92 Å². The van der Waals surface area contributed by atoms with E-state index in [1.165, 1.54) is 38.5 Å². The first kappa shape index (κ1) is 17.8. The third kappa shape index (κ3) is 6.97. The molecule has 2 nitrogen and oxygen atoms in total. The molecule has 0 aromatic heterocycles. The van der Waals surface area contributed by atoms with Crippen molar-refractivity contribution in [1.29, 1.82) is 0 Å². The van der Waals surface area contributed by atoms with E-state index in [0.29, 0.717) is 11.8 Å². The largest absolute Gasteiger partial charge is 0.343 e. The molecule has 0 saturated carbocycles. The van der Waals surface area contributed by atoms with Crippen molar-refractivity contribution in [3.05, 3.63) is 0 Å². The Hall–Kier alpha value is -0.240. The summed E-state index contributed by atoms with van der Waals surface area (Å²) in [5.41, 5.74) is 0. The fourth-order valence-corrected chi connectivity index (χ4v) is 3.25. The molecule has 0 aromatic carbocycles. The van der Waals surface area contributed by atoms with E-state index in [1.807, 2.05) is 4.90 Å². The molecule has 20 heavy (non-hydrogen) atoms. The number of carbonyl (C=O) groups is 1. The van der Waals surface area contributed by atoms with Crippen LogP contribution in [0.25, 0.3) is 0 Å². The molecule has 3 heteroatoms. The predicted octanol–water partition coefficient (Wildman–Crippen LogP) is 4.99. The average Bonchev–Trinajstić information content (AvgIpc) is 2.46. The summed E-state index contributed by atoms with van der Waals surface area (Å²) in [6.07, 6.45) is 11.8. The van der Waals surface area contributed by atoms with E-state index in [4.69, 9.17) is 11.6 Å². The smallest absolute Gasteiger partial charge is 0.222 e. The van der Waals surface area contributed by atoms with Crippen molar-refractivity contribution in [1.82, 2.24) is 4.90 Å². The number of alkyl halides is 1. The van der Waals surface area contributed by atoms with Gasteiger partial charge in [-0.15, -0.1) is 11.6 Å². The summed E-state index contributed by atoms with van der Waals surface area (Å²) in [5.74, 6) is 0.957. The van der Waals surface area contributed by atoms with Crippen molar-refractivity contribution in [3.63, 3.8) is 0 Å². The van der Waals surface area contributed by atoms with Crippen molar-refractivity contribution in [2.24, 2.45) is 5.92 Å². The topological polar surface area (TPSA) is 20.3 Å². The second-order valence-electron chi connectivity index (χ2n) is 6.27. The van der Waals surface area contributed by atoms with Crippen LogP contribution in [0.4, 0.5) is 0 Å². The molecule has 0 aliphatic carbocycles. The maximum absolute atomic E-state index is 12.1. The highest BCUT2D eigenvalue weighted by molar-refractivity contribution is 6.20. The van der Waals surface area contributed by atoms with E-state index in [2.05, 4.69) is 13.8 Å². The zero-order chi connectivity index (χ0) is 14.8. The van der Waals surface area contributed by atoms with Gasteiger partial charge in [0.15, 0.2) is 0 Å². The minimum atomic E-state index is 0.246. The Bertz CT molecular complexity index is 260. The van der Waals surface area contributed by atoms with Crippen molar-refractivity contribution < 1.29 is 4.79 Å². The van der Waals surface area contributed by atoms with Crippen LogP contribution in [-0.2, 0) is 4.79 Å². The molecule has 1 amide bonds. The quantitative estimate of drug-likeness (QED) is 0.434. The van der Waals surface area contributed by atoms with Gasteiger partial charge in [-0.25, -0.2) is 0 Å². The normalized spacial score (nSPS) is 18.2. The first-order valence-electron chi connectivity index (χ1n) is 8.57. The van der Waals surface area contributed by atoms with E-state index in [-0.39, 0.29) is 5.38 Å². The third-order valence-corrected chi connectivity index (χ3v) is 4.89. The highest BCUT2D eigenvalue weighted by atomic mass is 35.5. The number of amides is 1. The molecule has 0 radical (unpaired) electrons. The van der Waals surface area contributed by atoms with Gasteiger partial charge in [0.2, 0.25) is 5.91 Å². The Morgan fingerprint density at radius 3 is 2.20 bits per heavy atom. The highest BCUT2D eigenvalue weighted by Gasteiger charge is 2.24. The van der Waals surface area contributed by atoms with E-state index in [0.717, 1.165) is 38.8 Å². The van der Waals surface area contributed by atoms with Gasteiger partial charge in [-0.1, -0.05) is 45.4 Å². The van der Waals surface area contributed by atoms with Crippen LogP contribution < -0.4 is 0 Å². The molecule has 1 aliphatic rings. The predicted molar refractivity (Wildman–Crippen MR) is 87.2 cm³/mol. The second kappa shape index (κ2) is 10.5. The lowest BCUT2D eigenvalue weighted by Gasteiger charge is -2.33. The van der Waals surface area contributed by atoms with Crippen molar-refractivity contribution in [2.45, 2.75) is 83.4 Å². The van der Waals surface area contributed by atoms with Gasteiger partial charge in [0.1, 0.15) is 0 Å². The molecule has 1 heterocycles. The lowest BCUT2D eigenvalue weighted by atomic mass is 9.94. The second-order valence-corrected chi connectivity index (χ2v) is 6.96. The number of piperidine rings is 1. The van der Waals surface area contributed by atoms with E-state index >= 15 is 0 Å². The van der Waals surface area contributed by atoms with Gasteiger partial charge in [0.05, 0.1) is 0 Å². The number of nitrogens with zero attached hydrogens (tertiary/aromatic N) is 1. The summed E-state index contributed by atoms with van der Waals surface area (Å²) in [6.45, 7) is 6.14. The van der Waals surface area contributed by atoms with Crippen LogP contribution in [0.15, 0.2) is 0 Å². The molecule has 1 fully saturated rings. The molecule has 1 atom stereocenters. The summed E-state index contributed by atoms with van der Waals surface area (Å²) in [4.78, 5) is 14.2. The van der Waals surface area contributed by atoms with Crippen LogP contribution in [0.1, 0.15) is 78.1 Å². The number of halogens is 1. The monoisotopic (exact) mass is 301 g/mol. The first-order chi connectivity index (χ1) is 9.65. The lowest BCUT2D eigenvalue weighted by molar-refractivity contribution is -0.132. The molecule has 118 valence electrons. The minimum absolute atomic E-state index is 0.246. The number of hydrogen-bond donors (Lipinski definition) is 0. The average molecular weight is 302 g/mol. The van der Waals surface area contributed by atoms with Crippen LogP contribution >= 0.6 is 11.6 Å². The van der Waals surface area contributed by atoms with Crippen LogP contribution in [-0.4, -0.2) is 29.3 Å². The van der Waals surface area contributed by atoms with Gasteiger partial charge < -0.3 is 4.90 Å². The first-order valence-corrected chi connectivity index (χ1v) is 9.00. The summed E-state index contributed by atoms with van der Waals surface area (Å²) < 4.78 is 0. The Balaban J connectivity index is 2.03. The Labute approximate surface area is 130 Å².